The first-order chi connectivity index (χ1) is 6.44. The van der Waals surface area contributed by atoms with Crippen LogP contribution >= 0.6 is 11.6 Å². The summed E-state index contributed by atoms with van der Waals surface area (Å²) in [4.78, 5) is 23.3. The second-order valence-electron chi connectivity index (χ2n) is 3.22. The van der Waals surface area contributed by atoms with Crippen LogP contribution in [-0.2, 0) is 12.8 Å². The number of fused-ring (bicyclic) bond motifs is 1. The van der Waals surface area contributed by atoms with Gasteiger partial charge in [-0.3, -0.25) is 0 Å². The van der Waals surface area contributed by atoms with Gasteiger partial charge < -0.3 is 16.7 Å². The van der Waals surface area contributed by atoms with Gasteiger partial charge in [0.25, 0.3) is 0 Å². The number of carbonyl (C=O) groups excluding carboxylic acids is 2. The zero-order valence-electron chi connectivity index (χ0n) is 7.28. The molecule has 2 rings (SSSR count). The third-order valence-corrected chi connectivity index (χ3v) is 2.78. The van der Waals surface area contributed by atoms with Crippen LogP contribution in [0.2, 0.25) is 5.02 Å². The quantitative estimate of drug-likeness (QED) is 0.383. The maximum absolute atomic E-state index is 11.7. The minimum absolute atomic E-state index is 0.319. The Bertz CT molecular complexity index is 456. The van der Waals surface area contributed by atoms with Gasteiger partial charge >= 0.3 is 11.8 Å². The standard InChI is InChI=1S/C9H6ClNO2S/c1-11(14)8(12)6-3-2-5(10)4-7(6)9(11)13/h2-4H,1H3. The molecule has 0 aromatic heterocycles. The Kier molecular flexibility index (Phi) is 1.96. The van der Waals surface area contributed by atoms with E-state index in [0.717, 1.165) is 0 Å². The maximum Gasteiger partial charge on any atom is 0.336 e. The lowest BCUT2D eigenvalue weighted by Crippen LogP contribution is -2.43. The van der Waals surface area contributed by atoms with E-state index < -0.39 is 3.89 Å². The van der Waals surface area contributed by atoms with Gasteiger partial charge in [0.2, 0.25) is 0 Å². The largest absolute Gasteiger partial charge is 0.475 e. The molecule has 1 unspecified atom stereocenters. The van der Waals surface area contributed by atoms with Crippen molar-refractivity contribution in [2.24, 2.45) is 0 Å². The zero-order valence-corrected chi connectivity index (χ0v) is 8.85. The summed E-state index contributed by atoms with van der Waals surface area (Å²) < 4.78 is -0.671. The topological polar surface area (TPSA) is 34.1 Å². The highest BCUT2D eigenvalue weighted by molar-refractivity contribution is 7.53. The number of imide groups is 1. The molecule has 1 heterocycles. The number of carbonyl (C=O) groups is 2. The summed E-state index contributed by atoms with van der Waals surface area (Å²) >= 11 is 10.6. The van der Waals surface area contributed by atoms with E-state index >= 15 is 0 Å². The first-order valence-electron chi connectivity index (χ1n) is 3.91. The number of hydrogen-bond acceptors (Lipinski definition) is 3. The predicted molar refractivity (Wildman–Crippen MR) is 53.7 cm³/mol. The number of nitrogens with zero attached hydrogens (tertiary/aromatic N) is 1. The van der Waals surface area contributed by atoms with E-state index in [1.807, 2.05) is 0 Å². The van der Waals surface area contributed by atoms with Gasteiger partial charge in [0.05, 0.1) is 18.2 Å². The molecule has 72 valence electrons. The Morgan fingerprint density at radius 2 is 1.79 bits per heavy atom. The number of hydrogen-bond donors (Lipinski definition) is 0. The van der Waals surface area contributed by atoms with Crippen LogP contribution in [0.1, 0.15) is 20.7 Å². The van der Waals surface area contributed by atoms with Crippen molar-refractivity contribution in [1.82, 2.24) is 0 Å². The second kappa shape index (κ2) is 2.82. The third-order valence-electron chi connectivity index (χ3n) is 2.22. The Hall–Kier alpha value is -0.840. The summed E-state index contributed by atoms with van der Waals surface area (Å²) in [5, 5.41) is 0.432. The molecule has 0 aliphatic carbocycles. The smallest absolute Gasteiger partial charge is 0.336 e. The molecule has 5 heteroatoms. The van der Waals surface area contributed by atoms with Gasteiger partial charge in [-0.2, -0.15) is 0 Å². The number of benzene rings is 1. The third kappa shape index (κ3) is 1.11. The van der Waals surface area contributed by atoms with Crippen molar-refractivity contribution in [3.05, 3.63) is 34.3 Å². The van der Waals surface area contributed by atoms with Crippen LogP contribution in [0.3, 0.4) is 0 Å². The Balaban J connectivity index is 2.71. The molecule has 1 aromatic rings. The first kappa shape index (κ1) is 9.71. The second-order valence-corrected chi connectivity index (χ2v) is 4.39. The lowest BCUT2D eigenvalue weighted by atomic mass is 10.1. The van der Waals surface area contributed by atoms with Gasteiger partial charge in [-0.25, -0.2) is 9.59 Å². The minimum atomic E-state index is -0.671. The molecule has 1 aliphatic rings. The van der Waals surface area contributed by atoms with Crippen molar-refractivity contribution in [1.29, 1.82) is 0 Å². The van der Waals surface area contributed by atoms with Crippen molar-refractivity contribution in [2.45, 2.75) is 0 Å². The van der Waals surface area contributed by atoms with Crippen LogP contribution in [0.25, 0.3) is 0 Å². The number of halogens is 1. The highest BCUT2D eigenvalue weighted by Gasteiger charge is 2.42. The van der Waals surface area contributed by atoms with Gasteiger partial charge in [-0.05, 0) is 18.2 Å². The molecule has 2 amide bonds. The Morgan fingerprint density at radius 3 is 2.43 bits per heavy atom. The molecular weight excluding hydrogens is 222 g/mol. The van der Waals surface area contributed by atoms with E-state index in [4.69, 9.17) is 24.4 Å². The van der Waals surface area contributed by atoms with Crippen LogP contribution in [0.4, 0.5) is 0 Å². The summed E-state index contributed by atoms with van der Waals surface area (Å²) in [6.07, 6.45) is 0. The highest BCUT2D eigenvalue weighted by atomic mass is 35.5. The van der Waals surface area contributed by atoms with Crippen molar-refractivity contribution in [2.75, 3.05) is 7.05 Å². The average molecular weight is 228 g/mol. The van der Waals surface area contributed by atoms with Crippen LogP contribution < -0.4 is 0 Å². The molecule has 14 heavy (non-hydrogen) atoms. The normalized spacial score (nSPS) is 25.4. The molecule has 0 bridgehead atoms. The predicted octanol–water partition coefficient (Wildman–Crippen LogP) is 1.54. The number of amides is 2. The summed E-state index contributed by atoms with van der Waals surface area (Å²) in [6, 6.07) is 4.59. The van der Waals surface area contributed by atoms with E-state index in [1.165, 1.54) is 19.2 Å². The van der Waals surface area contributed by atoms with E-state index in [2.05, 4.69) is 0 Å². The summed E-state index contributed by atoms with van der Waals surface area (Å²) in [6.45, 7) is 0. The van der Waals surface area contributed by atoms with Crippen LogP contribution in [0, 0.1) is 0 Å². The van der Waals surface area contributed by atoms with Gasteiger partial charge in [-0.1, -0.05) is 11.6 Å². The molecule has 1 aliphatic heterocycles. The maximum atomic E-state index is 11.7. The molecule has 1 aromatic carbocycles. The van der Waals surface area contributed by atoms with Gasteiger partial charge in [-0.15, -0.1) is 0 Å². The lowest BCUT2D eigenvalue weighted by Gasteiger charge is -2.28. The molecule has 0 N–H and O–H groups in total. The lowest BCUT2D eigenvalue weighted by molar-refractivity contribution is -0.584. The number of quaternary nitrogens is 1. The van der Waals surface area contributed by atoms with Crippen molar-refractivity contribution < 1.29 is 13.5 Å². The zero-order chi connectivity index (χ0) is 10.5. The molecule has 1 atom stereocenters. The first-order valence-corrected chi connectivity index (χ1v) is 4.66. The summed E-state index contributed by atoms with van der Waals surface area (Å²) in [5.74, 6) is -0.751. The summed E-state index contributed by atoms with van der Waals surface area (Å²) in [7, 11) is 1.40. The SMILES string of the molecule is C[N+]1([S-])C(=O)c2ccc(Cl)cc2C1=O. The fourth-order valence-corrected chi connectivity index (χ4v) is 1.80. The molecular formula is C9H6ClNO2S. The van der Waals surface area contributed by atoms with E-state index in [1.54, 1.807) is 6.07 Å². The fourth-order valence-electron chi connectivity index (χ4n) is 1.43. The van der Waals surface area contributed by atoms with Crippen molar-refractivity contribution in [3.8, 4) is 0 Å². The summed E-state index contributed by atoms with van der Waals surface area (Å²) in [5.41, 5.74) is 0.678. The van der Waals surface area contributed by atoms with E-state index in [9.17, 15) is 9.59 Å². The fraction of sp³-hybridized carbons (Fsp3) is 0.111. The van der Waals surface area contributed by atoms with Crippen molar-refractivity contribution in [3.63, 3.8) is 0 Å². The van der Waals surface area contributed by atoms with Gasteiger partial charge in [0.1, 0.15) is 0 Å². The van der Waals surface area contributed by atoms with Crippen LogP contribution in [0.15, 0.2) is 18.2 Å². The van der Waals surface area contributed by atoms with Crippen LogP contribution in [0.5, 0.6) is 0 Å². The Labute approximate surface area is 91.4 Å². The molecule has 0 radical (unpaired) electrons. The van der Waals surface area contributed by atoms with Gasteiger partial charge in [0, 0.05) is 5.02 Å². The monoisotopic (exact) mass is 227 g/mol. The molecule has 0 spiro atoms. The minimum Gasteiger partial charge on any atom is -0.475 e. The van der Waals surface area contributed by atoms with Crippen molar-refractivity contribution >= 4 is 36.2 Å². The highest BCUT2D eigenvalue weighted by Crippen LogP contribution is 2.29. The van der Waals surface area contributed by atoms with E-state index in [-0.39, 0.29) is 11.8 Å². The molecule has 0 saturated heterocycles. The van der Waals surface area contributed by atoms with Crippen LogP contribution in [-0.4, -0.2) is 22.8 Å². The van der Waals surface area contributed by atoms with Gasteiger partial charge in [0.15, 0.2) is 0 Å². The average Bonchev–Trinajstić information content (AvgIpc) is 2.29. The molecule has 0 fully saturated rings. The molecule has 0 saturated carbocycles. The Morgan fingerprint density at radius 1 is 1.21 bits per heavy atom. The van der Waals surface area contributed by atoms with E-state index in [0.29, 0.717) is 16.1 Å². The number of rotatable bonds is 0. The molecule has 3 nitrogen and oxygen atoms in total.